The SMILES string of the molecule is COCCNC(=O)CCNCc1ccccc1[N+](=O)[O-]. The van der Waals surface area contributed by atoms with E-state index in [4.69, 9.17) is 4.74 Å². The average Bonchev–Trinajstić information content (AvgIpc) is 2.44. The second-order valence-corrected chi connectivity index (χ2v) is 4.16. The van der Waals surface area contributed by atoms with Crippen molar-refractivity contribution in [2.45, 2.75) is 13.0 Å². The van der Waals surface area contributed by atoms with Crippen molar-refractivity contribution < 1.29 is 14.5 Å². The number of methoxy groups -OCH3 is 1. The maximum absolute atomic E-state index is 11.4. The zero-order valence-corrected chi connectivity index (χ0v) is 11.4. The van der Waals surface area contributed by atoms with E-state index in [-0.39, 0.29) is 11.6 Å². The molecule has 1 amide bonds. The van der Waals surface area contributed by atoms with Crippen molar-refractivity contribution in [3.05, 3.63) is 39.9 Å². The molecule has 0 radical (unpaired) electrons. The first-order chi connectivity index (χ1) is 9.65. The topological polar surface area (TPSA) is 93.5 Å². The Hall–Kier alpha value is -1.99. The molecule has 0 aromatic heterocycles. The summed E-state index contributed by atoms with van der Waals surface area (Å²) in [4.78, 5) is 21.8. The predicted octanol–water partition coefficient (Wildman–Crippen LogP) is 0.837. The van der Waals surface area contributed by atoms with Gasteiger partial charge >= 0.3 is 0 Å². The minimum absolute atomic E-state index is 0.0721. The van der Waals surface area contributed by atoms with E-state index in [9.17, 15) is 14.9 Å². The van der Waals surface area contributed by atoms with Crippen molar-refractivity contribution in [2.24, 2.45) is 0 Å². The lowest BCUT2D eigenvalue weighted by atomic mass is 10.2. The lowest BCUT2D eigenvalue weighted by Gasteiger charge is -2.06. The molecule has 7 nitrogen and oxygen atoms in total. The molecule has 0 heterocycles. The molecule has 20 heavy (non-hydrogen) atoms. The van der Waals surface area contributed by atoms with Gasteiger partial charge in [0.25, 0.3) is 5.69 Å². The summed E-state index contributed by atoms with van der Waals surface area (Å²) in [7, 11) is 1.57. The van der Waals surface area contributed by atoms with Gasteiger partial charge in [-0.2, -0.15) is 0 Å². The molecule has 0 bridgehead atoms. The lowest BCUT2D eigenvalue weighted by molar-refractivity contribution is -0.385. The van der Waals surface area contributed by atoms with Crippen LogP contribution in [-0.2, 0) is 16.1 Å². The molecule has 0 atom stereocenters. The van der Waals surface area contributed by atoms with Crippen LogP contribution >= 0.6 is 0 Å². The van der Waals surface area contributed by atoms with Crippen LogP contribution in [0.15, 0.2) is 24.3 Å². The average molecular weight is 281 g/mol. The van der Waals surface area contributed by atoms with Gasteiger partial charge in [0.15, 0.2) is 0 Å². The highest BCUT2D eigenvalue weighted by molar-refractivity contribution is 5.76. The molecule has 0 unspecified atom stereocenters. The Bertz CT molecular complexity index is 451. The normalized spacial score (nSPS) is 10.2. The van der Waals surface area contributed by atoms with Crippen molar-refractivity contribution in [1.29, 1.82) is 0 Å². The number of carbonyl (C=O) groups excluding carboxylic acids is 1. The molecule has 0 aliphatic heterocycles. The first-order valence-corrected chi connectivity index (χ1v) is 6.33. The van der Waals surface area contributed by atoms with Gasteiger partial charge < -0.3 is 15.4 Å². The van der Waals surface area contributed by atoms with Crippen molar-refractivity contribution in [2.75, 3.05) is 26.8 Å². The van der Waals surface area contributed by atoms with Gasteiger partial charge in [-0.15, -0.1) is 0 Å². The maximum atomic E-state index is 11.4. The Kier molecular flexibility index (Phi) is 7.23. The Morgan fingerprint density at radius 1 is 1.35 bits per heavy atom. The number of hydrogen-bond acceptors (Lipinski definition) is 5. The fraction of sp³-hybridized carbons (Fsp3) is 0.462. The van der Waals surface area contributed by atoms with E-state index in [1.165, 1.54) is 6.07 Å². The molecule has 110 valence electrons. The summed E-state index contributed by atoms with van der Waals surface area (Å²) >= 11 is 0. The quantitative estimate of drug-likeness (QED) is 0.397. The summed E-state index contributed by atoms with van der Waals surface area (Å²) in [5.41, 5.74) is 0.696. The third-order valence-corrected chi connectivity index (χ3v) is 2.66. The van der Waals surface area contributed by atoms with Crippen molar-refractivity contribution in [3.8, 4) is 0 Å². The fourth-order valence-corrected chi connectivity index (χ4v) is 1.64. The molecule has 7 heteroatoms. The zero-order valence-electron chi connectivity index (χ0n) is 11.4. The van der Waals surface area contributed by atoms with Crippen LogP contribution in [0.2, 0.25) is 0 Å². The number of carbonyl (C=O) groups is 1. The van der Waals surface area contributed by atoms with E-state index in [2.05, 4.69) is 10.6 Å². The van der Waals surface area contributed by atoms with Gasteiger partial charge in [0.05, 0.1) is 11.5 Å². The summed E-state index contributed by atoms with van der Waals surface area (Å²) in [5.74, 6) is -0.0721. The highest BCUT2D eigenvalue weighted by Gasteiger charge is 2.11. The van der Waals surface area contributed by atoms with Crippen molar-refractivity contribution >= 4 is 11.6 Å². The van der Waals surface area contributed by atoms with E-state index in [0.29, 0.717) is 38.2 Å². The van der Waals surface area contributed by atoms with E-state index in [1.807, 2.05) is 0 Å². The smallest absolute Gasteiger partial charge is 0.273 e. The third kappa shape index (κ3) is 5.77. The molecule has 0 fully saturated rings. The fourth-order valence-electron chi connectivity index (χ4n) is 1.64. The van der Waals surface area contributed by atoms with Gasteiger partial charge in [-0.05, 0) is 0 Å². The van der Waals surface area contributed by atoms with E-state index in [0.717, 1.165) is 0 Å². The van der Waals surface area contributed by atoms with Crippen LogP contribution in [0.4, 0.5) is 5.69 Å². The molecule has 0 aliphatic rings. The number of para-hydroxylation sites is 1. The Morgan fingerprint density at radius 2 is 2.10 bits per heavy atom. The number of nitrogens with zero attached hydrogens (tertiary/aromatic N) is 1. The monoisotopic (exact) mass is 281 g/mol. The Morgan fingerprint density at radius 3 is 2.80 bits per heavy atom. The highest BCUT2D eigenvalue weighted by atomic mass is 16.6. The van der Waals surface area contributed by atoms with Crippen LogP contribution in [0.3, 0.4) is 0 Å². The number of rotatable bonds is 9. The summed E-state index contributed by atoms with van der Waals surface area (Å²) in [5, 5.41) is 16.5. The number of ether oxygens (including phenoxy) is 1. The number of amides is 1. The number of nitrogens with one attached hydrogen (secondary N) is 2. The molecule has 0 saturated carbocycles. The van der Waals surface area contributed by atoms with Crippen LogP contribution in [0.25, 0.3) is 0 Å². The number of hydrogen-bond donors (Lipinski definition) is 2. The summed E-state index contributed by atoms with van der Waals surface area (Å²) < 4.78 is 4.82. The van der Waals surface area contributed by atoms with Crippen LogP contribution in [0.5, 0.6) is 0 Å². The summed E-state index contributed by atoms with van der Waals surface area (Å²) in [6, 6.07) is 6.55. The molecule has 1 aromatic carbocycles. The minimum Gasteiger partial charge on any atom is -0.383 e. The lowest BCUT2D eigenvalue weighted by Crippen LogP contribution is -2.30. The second kappa shape index (κ2) is 9.00. The summed E-state index contributed by atoms with van der Waals surface area (Å²) in [6.45, 7) is 1.79. The van der Waals surface area contributed by atoms with Gasteiger partial charge in [-0.1, -0.05) is 18.2 Å². The first-order valence-electron chi connectivity index (χ1n) is 6.33. The molecular formula is C13H19N3O4. The molecule has 0 spiro atoms. The second-order valence-electron chi connectivity index (χ2n) is 4.16. The number of nitro benzene ring substituents is 1. The molecular weight excluding hydrogens is 262 g/mol. The first kappa shape index (κ1) is 16.1. The van der Waals surface area contributed by atoms with Gasteiger partial charge in [0.2, 0.25) is 5.91 Å². The van der Waals surface area contributed by atoms with Gasteiger partial charge in [0.1, 0.15) is 0 Å². The maximum Gasteiger partial charge on any atom is 0.273 e. The van der Waals surface area contributed by atoms with Gasteiger partial charge in [-0.25, -0.2) is 0 Å². The van der Waals surface area contributed by atoms with Crippen LogP contribution in [0, 0.1) is 10.1 Å². The van der Waals surface area contributed by atoms with Crippen LogP contribution < -0.4 is 10.6 Å². The standard InChI is InChI=1S/C13H19N3O4/c1-20-9-8-15-13(17)6-7-14-10-11-4-2-3-5-12(11)16(18)19/h2-5,14H,6-10H2,1H3,(H,15,17). The molecule has 1 rings (SSSR count). The number of benzene rings is 1. The molecule has 1 aromatic rings. The van der Waals surface area contributed by atoms with Crippen LogP contribution in [-0.4, -0.2) is 37.6 Å². The Balaban J connectivity index is 2.28. The van der Waals surface area contributed by atoms with Gasteiger partial charge in [0, 0.05) is 44.8 Å². The van der Waals surface area contributed by atoms with Gasteiger partial charge in [-0.3, -0.25) is 14.9 Å². The molecule has 0 saturated heterocycles. The predicted molar refractivity (Wildman–Crippen MR) is 74.3 cm³/mol. The largest absolute Gasteiger partial charge is 0.383 e. The Labute approximate surface area is 117 Å². The molecule has 0 aliphatic carbocycles. The van der Waals surface area contributed by atoms with E-state index < -0.39 is 4.92 Å². The minimum atomic E-state index is -0.408. The van der Waals surface area contributed by atoms with E-state index >= 15 is 0 Å². The van der Waals surface area contributed by atoms with E-state index in [1.54, 1.807) is 25.3 Å². The number of nitro groups is 1. The summed E-state index contributed by atoms with van der Waals surface area (Å²) in [6.07, 6.45) is 0.324. The highest BCUT2D eigenvalue weighted by Crippen LogP contribution is 2.16. The third-order valence-electron chi connectivity index (χ3n) is 2.66. The van der Waals surface area contributed by atoms with Crippen molar-refractivity contribution in [3.63, 3.8) is 0 Å². The van der Waals surface area contributed by atoms with Crippen LogP contribution in [0.1, 0.15) is 12.0 Å². The molecule has 2 N–H and O–H groups in total. The van der Waals surface area contributed by atoms with Crippen molar-refractivity contribution in [1.82, 2.24) is 10.6 Å². The zero-order chi connectivity index (χ0) is 14.8.